The molecule has 0 unspecified atom stereocenters. The van der Waals surface area contributed by atoms with Crippen LogP contribution < -0.4 is 14.8 Å². The second kappa shape index (κ2) is 6.09. The maximum atomic E-state index is 6.26. The average molecular weight is 307 g/mol. The van der Waals surface area contributed by atoms with Crippen LogP contribution in [0, 0.1) is 0 Å². The predicted octanol–water partition coefficient (Wildman–Crippen LogP) is 3.45. The van der Waals surface area contributed by atoms with Crippen LogP contribution in [0.2, 0.25) is 0 Å². The largest absolute Gasteiger partial charge is 0.493 e. The zero-order chi connectivity index (χ0) is 15.5. The molecule has 2 aliphatic heterocycles. The summed E-state index contributed by atoms with van der Waals surface area (Å²) in [6.07, 6.45) is 6.28. The Bertz CT molecular complexity index is 703. The molecule has 0 radical (unpaired) electrons. The molecule has 0 aliphatic carbocycles. The molecule has 3 heteroatoms. The highest BCUT2D eigenvalue weighted by Crippen LogP contribution is 2.36. The predicted molar refractivity (Wildman–Crippen MR) is 92.0 cm³/mol. The number of hydrogen-bond acceptors (Lipinski definition) is 3. The van der Waals surface area contributed by atoms with E-state index >= 15 is 0 Å². The van der Waals surface area contributed by atoms with Crippen molar-refractivity contribution in [3.8, 4) is 11.5 Å². The molecular weight excluding hydrogens is 286 g/mol. The van der Waals surface area contributed by atoms with Crippen molar-refractivity contribution in [1.29, 1.82) is 0 Å². The summed E-state index contributed by atoms with van der Waals surface area (Å²) < 4.78 is 12.2. The van der Waals surface area contributed by atoms with Gasteiger partial charge in [-0.2, -0.15) is 0 Å². The van der Waals surface area contributed by atoms with Crippen LogP contribution in [0.25, 0.3) is 6.08 Å². The Kier molecular flexibility index (Phi) is 3.80. The van der Waals surface area contributed by atoms with Gasteiger partial charge in [0.15, 0.2) is 0 Å². The number of ether oxygens (including phenoxy) is 2. The van der Waals surface area contributed by atoms with E-state index in [9.17, 15) is 0 Å². The van der Waals surface area contributed by atoms with Crippen molar-refractivity contribution >= 4 is 6.08 Å². The van der Waals surface area contributed by atoms with Crippen LogP contribution in [0.3, 0.4) is 0 Å². The first-order valence-corrected chi connectivity index (χ1v) is 8.23. The van der Waals surface area contributed by atoms with Crippen LogP contribution in [-0.4, -0.2) is 25.3 Å². The zero-order valence-electron chi connectivity index (χ0n) is 13.1. The van der Waals surface area contributed by atoms with E-state index in [0.29, 0.717) is 6.61 Å². The minimum atomic E-state index is -0.171. The highest BCUT2D eigenvalue weighted by atomic mass is 16.5. The Morgan fingerprint density at radius 1 is 1.13 bits per heavy atom. The standard InChI is InChI=1S/C20H21NO2/c1-2-4-16(5-3-1)9-13-22-18-7-6-17-8-10-20(11-12-21-15-20)23-19(17)14-18/h1-8,10,14,21H,9,11-13,15H2/t20-/m0/s1. The van der Waals surface area contributed by atoms with Gasteiger partial charge < -0.3 is 14.8 Å². The topological polar surface area (TPSA) is 30.5 Å². The molecular formula is C20H21NO2. The van der Waals surface area contributed by atoms with Gasteiger partial charge in [-0.1, -0.05) is 36.4 Å². The lowest BCUT2D eigenvalue weighted by molar-refractivity contribution is 0.138. The fourth-order valence-corrected chi connectivity index (χ4v) is 3.17. The summed E-state index contributed by atoms with van der Waals surface area (Å²) in [7, 11) is 0. The van der Waals surface area contributed by atoms with Crippen molar-refractivity contribution in [2.75, 3.05) is 19.7 Å². The second-order valence-electron chi connectivity index (χ2n) is 6.21. The molecule has 118 valence electrons. The maximum Gasteiger partial charge on any atom is 0.141 e. The Labute approximate surface area is 136 Å². The van der Waals surface area contributed by atoms with Crippen molar-refractivity contribution in [3.63, 3.8) is 0 Å². The highest BCUT2D eigenvalue weighted by molar-refractivity contribution is 5.63. The summed E-state index contributed by atoms with van der Waals surface area (Å²) in [5.41, 5.74) is 2.24. The van der Waals surface area contributed by atoms with Crippen LogP contribution in [0.1, 0.15) is 17.5 Å². The Morgan fingerprint density at radius 3 is 2.87 bits per heavy atom. The molecule has 0 bridgehead atoms. The van der Waals surface area contributed by atoms with Gasteiger partial charge in [0.25, 0.3) is 0 Å². The monoisotopic (exact) mass is 307 g/mol. The number of nitrogens with one attached hydrogen (secondary N) is 1. The van der Waals surface area contributed by atoms with E-state index in [2.05, 4.69) is 47.8 Å². The molecule has 3 nitrogen and oxygen atoms in total. The van der Waals surface area contributed by atoms with Gasteiger partial charge in [0.05, 0.1) is 6.61 Å². The lowest BCUT2D eigenvalue weighted by Gasteiger charge is -2.30. The van der Waals surface area contributed by atoms with Crippen molar-refractivity contribution in [1.82, 2.24) is 5.32 Å². The molecule has 1 fully saturated rings. The SMILES string of the molecule is C1=C[C@@]2(CCNC2)Oc2cc(OCCc3ccccc3)ccc21. The first kappa shape index (κ1) is 14.3. The van der Waals surface area contributed by atoms with E-state index in [1.54, 1.807) is 0 Å². The maximum absolute atomic E-state index is 6.26. The van der Waals surface area contributed by atoms with E-state index in [4.69, 9.17) is 9.47 Å². The molecule has 2 aliphatic rings. The Hall–Kier alpha value is -2.26. The van der Waals surface area contributed by atoms with Crippen LogP contribution in [-0.2, 0) is 6.42 Å². The van der Waals surface area contributed by atoms with Gasteiger partial charge in [-0.25, -0.2) is 0 Å². The number of rotatable bonds is 4. The number of benzene rings is 2. The smallest absolute Gasteiger partial charge is 0.141 e. The lowest BCUT2D eigenvalue weighted by atomic mass is 9.97. The zero-order valence-corrected chi connectivity index (χ0v) is 13.1. The van der Waals surface area contributed by atoms with E-state index in [-0.39, 0.29) is 5.60 Å². The van der Waals surface area contributed by atoms with Gasteiger partial charge >= 0.3 is 0 Å². The summed E-state index contributed by atoms with van der Waals surface area (Å²) in [6.45, 7) is 2.56. The molecule has 2 aromatic rings. The van der Waals surface area contributed by atoms with E-state index in [1.165, 1.54) is 5.56 Å². The minimum absolute atomic E-state index is 0.171. The molecule has 1 saturated heterocycles. The summed E-state index contributed by atoms with van der Waals surface area (Å²) in [6, 6.07) is 16.5. The molecule has 0 amide bonds. The molecule has 1 N–H and O–H groups in total. The third kappa shape index (κ3) is 3.10. The normalized spacial score (nSPS) is 21.9. The van der Waals surface area contributed by atoms with Crippen molar-refractivity contribution < 1.29 is 9.47 Å². The van der Waals surface area contributed by atoms with Crippen molar-refractivity contribution in [2.45, 2.75) is 18.4 Å². The molecule has 1 atom stereocenters. The van der Waals surface area contributed by atoms with Crippen molar-refractivity contribution in [2.24, 2.45) is 0 Å². The highest BCUT2D eigenvalue weighted by Gasteiger charge is 2.35. The summed E-state index contributed by atoms with van der Waals surface area (Å²) in [5, 5.41) is 3.37. The molecule has 1 spiro atoms. The third-order valence-electron chi connectivity index (χ3n) is 4.52. The Morgan fingerprint density at radius 2 is 2.04 bits per heavy atom. The van der Waals surface area contributed by atoms with Gasteiger partial charge in [0.2, 0.25) is 0 Å². The fraction of sp³-hybridized carbons (Fsp3) is 0.300. The van der Waals surface area contributed by atoms with Gasteiger partial charge in [-0.15, -0.1) is 0 Å². The minimum Gasteiger partial charge on any atom is -0.493 e. The average Bonchev–Trinajstić information content (AvgIpc) is 3.03. The summed E-state index contributed by atoms with van der Waals surface area (Å²) in [4.78, 5) is 0. The molecule has 2 heterocycles. The van der Waals surface area contributed by atoms with Gasteiger partial charge in [0.1, 0.15) is 17.1 Å². The van der Waals surface area contributed by atoms with E-state index < -0.39 is 0 Å². The lowest BCUT2D eigenvalue weighted by Crippen LogP contribution is -2.37. The van der Waals surface area contributed by atoms with Gasteiger partial charge in [-0.3, -0.25) is 0 Å². The molecule has 0 aromatic heterocycles. The third-order valence-corrected chi connectivity index (χ3v) is 4.52. The molecule has 2 aromatic carbocycles. The number of fused-ring (bicyclic) bond motifs is 1. The molecule has 23 heavy (non-hydrogen) atoms. The van der Waals surface area contributed by atoms with Crippen LogP contribution in [0.4, 0.5) is 0 Å². The van der Waals surface area contributed by atoms with Crippen LogP contribution in [0.15, 0.2) is 54.6 Å². The Balaban J connectivity index is 1.42. The fourth-order valence-electron chi connectivity index (χ4n) is 3.17. The quantitative estimate of drug-likeness (QED) is 0.938. The first-order valence-electron chi connectivity index (χ1n) is 8.23. The first-order chi connectivity index (χ1) is 11.3. The van der Waals surface area contributed by atoms with Gasteiger partial charge in [-0.05, 0) is 30.3 Å². The molecule has 4 rings (SSSR count). The molecule has 0 saturated carbocycles. The van der Waals surface area contributed by atoms with E-state index in [0.717, 1.165) is 43.0 Å². The summed E-state index contributed by atoms with van der Waals surface area (Å²) >= 11 is 0. The van der Waals surface area contributed by atoms with E-state index in [1.807, 2.05) is 18.2 Å². The summed E-state index contributed by atoms with van der Waals surface area (Å²) in [5.74, 6) is 1.80. The van der Waals surface area contributed by atoms with Crippen LogP contribution >= 0.6 is 0 Å². The van der Waals surface area contributed by atoms with Crippen LogP contribution in [0.5, 0.6) is 11.5 Å². The van der Waals surface area contributed by atoms with Crippen molar-refractivity contribution in [3.05, 3.63) is 65.7 Å². The number of hydrogen-bond donors (Lipinski definition) is 1. The second-order valence-corrected chi connectivity index (χ2v) is 6.21. The van der Waals surface area contributed by atoms with Gasteiger partial charge in [0, 0.05) is 31.0 Å².